The maximum absolute atomic E-state index is 12.5. The van der Waals surface area contributed by atoms with Crippen LogP contribution in [0.2, 0.25) is 5.02 Å². The van der Waals surface area contributed by atoms with Gasteiger partial charge in [-0.3, -0.25) is 14.3 Å². The van der Waals surface area contributed by atoms with Gasteiger partial charge >= 0.3 is 0 Å². The molecule has 2 N–H and O–H groups in total. The van der Waals surface area contributed by atoms with Crippen molar-refractivity contribution in [2.45, 2.75) is 25.8 Å². The Kier molecular flexibility index (Phi) is 8.76. The highest BCUT2D eigenvalue weighted by Gasteiger charge is 2.24. The van der Waals surface area contributed by atoms with E-state index in [1.165, 1.54) is 19.4 Å². The van der Waals surface area contributed by atoms with E-state index in [2.05, 4.69) is 61.4 Å². The van der Waals surface area contributed by atoms with Gasteiger partial charge in [-0.2, -0.15) is 4.98 Å². The number of halogens is 1. The number of methoxy groups -OCH3 is 1. The fourth-order valence-corrected chi connectivity index (χ4v) is 5.93. The Morgan fingerprint density at radius 2 is 1.74 bits per heavy atom. The summed E-state index contributed by atoms with van der Waals surface area (Å²) in [7, 11) is 3.75. The summed E-state index contributed by atoms with van der Waals surface area (Å²) in [4.78, 5) is 22.4. The Morgan fingerprint density at radius 1 is 1.02 bits per heavy atom. The van der Waals surface area contributed by atoms with Crippen molar-refractivity contribution in [2.24, 2.45) is 0 Å². The van der Waals surface area contributed by atoms with E-state index in [4.69, 9.17) is 16.3 Å². The van der Waals surface area contributed by atoms with Crippen molar-refractivity contribution < 1.29 is 13.2 Å². The molecule has 0 amide bonds. The van der Waals surface area contributed by atoms with E-state index >= 15 is 0 Å². The van der Waals surface area contributed by atoms with Gasteiger partial charge in [0, 0.05) is 50.3 Å². The molecule has 5 rings (SSSR count). The predicted octanol–water partition coefficient (Wildman–Crippen LogP) is 4.80. The lowest BCUT2D eigenvalue weighted by Crippen LogP contribution is -2.42. The third-order valence-electron chi connectivity index (χ3n) is 7.72. The van der Waals surface area contributed by atoms with Crippen LogP contribution >= 0.6 is 11.6 Å². The summed E-state index contributed by atoms with van der Waals surface area (Å²) in [6.45, 7) is 4.04. The van der Waals surface area contributed by atoms with Crippen molar-refractivity contribution in [2.75, 3.05) is 67.4 Å². The lowest BCUT2D eigenvalue weighted by molar-refractivity contribution is 0.249. The molecule has 0 bridgehead atoms. The average Bonchev–Trinajstić information content (AvgIpc) is 2.98. The first-order valence-corrected chi connectivity index (χ1v) is 16.0. The third-order valence-corrected chi connectivity index (χ3v) is 9.18. The van der Waals surface area contributed by atoms with Gasteiger partial charge in [0.2, 0.25) is 16.0 Å². The first kappa shape index (κ1) is 30.5. The number of anilines is 6. The minimum atomic E-state index is -3.62. The van der Waals surface area contributed by atoms with Gasteiger partial charge < -0.3 is 25.2 Å². The number of fused-ring (bicyclic) bond motifs is 1. The number of rotatable bonds is 9. The highest BCUT2D eigenvalue weighted by molar-refractivity contribution is 7.92. The molecule has 0 atom stereocenters. The standard InChI is InChI=1S/C29H36ClN9O3S/c1-18-15-23(25(42-5)16-24(18)39-13-9-19(10-14-39)37(2)3)35-29-33-17-20(30)28(36-29)34-22-8-7-21-26(32-12-11-31-21)27(22)38(4)43(6,40)41/h7-8,11-12,15-17,19H,9-10,13-14H2,1-6H3,(H2,33,34,35,36). The van der Waals surface area contributed by atoms with E-state index < -0.39 is 10.0 Å². The molecule has 1 aliphatic heterocycles. The number of benzene rings is 2. The fourth-order valence-electron chi connectivity index (χ4n) is 5.28. The molecule has 2 aromatic heterocycles. The Bertz CT molecular complexity index is 1750. The number of sulfonamides is 1. The van der Waals surface area contributed by atoms with Gasteiger partial charge in [-0.15, -0.1) is 0 Å². The maximum atomic E-state index is 12.5. The highest BCUT2D eigenvalue weighted by Crippen LogP contribution is 2.38. The molecule has 2 aromatic carbocycles. The van der Waals surface area contributed by atoms with Gasteiger partial charge in [0.1, 0.15) is 22.0 Å². The van der Waals surface area contributed by atoms with Gasteiger partial charge in [0.15, 0.2) is 5.82 Å². The van der Waals surface area contributed by atoms with Crippen LogP contribution in [0.1, 0.15) is 18.4 Å². The molecule has 43 heavy (non-hydrogen) atoms. The van der Waals surface area contributed by atoms with Crippen molar-refractivity contribution in [3.8, 4) is 5.75 Å². The summed E-state index contributed by atoms with van der Waals surface area (Å²) >= 11 is 6.50. The Balaban J connectivity index is 1.44. The number of nitrogens with zero attached hydrogens (tertiary/aromatic N) is 7. The van der Waals surface area contributed by atoms with Crippen LogP contribution in [-0.2, 0) is 10.0 Å². The highest BCUT2D eigenvalue weighted by atomic mass is 35.5. The normalized spacial score (nSPS) is 14.3. The topological polar surface area (TPSA) is 129 Å². The monoisotopic (exact) mass is 625 g/mol. The molecule has 1 fully saturated rings. The second-order valence-corrected chi connectivity index (χ2v) is 13.2. The number of nitrogens with one attached hydrogen (secondary N) is 2. The number of hydrogen-bond acceptors (Lipinski definition) is 11. The van der Waals surface area contributed by atoms with Crippen molar-refractivity contribution in [3.05, 3.63) is 53.4 Å². The van der Waals surface area contributed by atoms with Crippen molar-refractivity contribution >= 4 is 67.2 Å². The fraction of sp³-hybridized carbons (Fsp3) is 0.379. The molecule has 0 saturated carbocycles. The van der Waals surface area contributed by atoms with E-state index in [0.29, 0.717) is 39.9 Å². The molecule has 0 unspecified atom stereocenters. The SMILES string of the molecule is COc1cc(N2CCC(N(C)C)CC2)c(C)cc1Nc1ncc(Cl)c(Nc2ccc3nccnc3c2N(C)S(C)(=O)=O)n1. The molecular weight excluding hydrogens is 590 g/mol. The second-order valence-electron chi connectivity index (χ2n) is 10.8. The van der Waals surface area contributed by atoms with Crippen LogP contribution in [0.4, 0.5) is 34.5 Å². The van der Waals surface area contributed by atoms with Crippen LogP contribution in [0.15, 0.2) is 42.9 Å². The lowest BCUT2D eigenvalue weighted by Gasteiger charge is -2.37. The zero-order valence-electron chi connectivity index (χ0n) is 25.1. The molecule has 12 nitrogen and oxygen atoms in total. The Hall–Kier alpha value is -3.94. The zero-order valence-corrected chi connectivity index (χ0v) is 26.7. The summed E-state index contributed by atoms with van der Waals surface area (Å²) in [5, 5.41) is 6.69. The molecule has 0 radical (unpaired) electrons. The number of aryl methyl sites for hydroxylation is 1. The van der Waals surface area contributed by atoms with Gasteiger partial charge in [0.05, 0.1) is 36.5 Å². The predicted molar refractivity (Wildman–Crippen MR) is 173 cm³/mol. The van der Waals surface area contributed by atoms with E-state index in [-0.39, 0.29) is 16.8 Å². The van der Waals surface area contributed by atoms with E-state index in [0.717, 1.165) is 47.7 Å². The minimum Gasteiger partial charge on any atom is -0.494 e. The first-order chi connectivity index (χ1) is 20.5. The number of ether oxygens (including phenoxy) is 1. The van der Waals surface area contributed by atoms with E-state index in [9.17, 15) is 8.42 Å². The Morgan fingerprint density at radius 3 is 2.42 bits per heavy atom. The lowest BCUT2D eigenvalue weighted by atomic mass is 10.0. The zero-order chi connectivity index (χ0) is 30.9. The van der Waals surface area contributed by atoms with Gasteiger partial charge in [0.25, 0.3) is 0 Å². The second kappa shape index (κ2) is 12.3. The van der Waals surface area contributed by atoms with Crippen LogP contribution in [0.3, 0.4) is 0 Å². The Labute approximate surface area is 257 Å². The summed E-state index contributed by atoms with van der Waals surface area (Å²) in [6.07, 6.45) is 7.87. The quantitative estimate of drug-likeness (QED) is 0.266. The number of hydrogen-bond donors (Lipinski definition) is 2. The smallest absolute Gasteiger partial charge is 0.232 e. The van der Waals surface area contributed by atoms with Crippen molar-refractivity contribution in [3.63, 3.8) is 0 Å². The van der Waals surface area contributed by atoms with E-state index in [1.54, 1.807) is 25.4 Å². The van der Waals surface area contributed by atoms with Crippen molar-refractivity contribution in [1.82, 2.24) is 24.8 Å². The van der Waals surface area contributed by atoms with Gasteiger partial charge in [-0.05, 0) is 57.6 Å². The van der Waals surface area contributed by atoms with E-state index in [1.807, 2.05) is 12.1 Å². The van der Waals surface area contributed by atoms with Crippen LogP contribution in [0.5, 0.6) is 5.75 Å². The summed E-state index contributed by atoms with van der Waals surface area (Å²) < 4.78 is 32.0. The number of piperidine rings is 1. The molecule has 1 aliphatic rings. The third kappa shape index (κ3) is 6.53. The molecular formula is C29H36ClN9O3S. The largest absolute Gasteiger partial charge is 0.494 e. The molecule has 228 valence electrons. The van der Waals surface area contributed by atoms with Crippen LogP contribution in [0, 0.1) is 6.92 Å². The van der Waals surface area contributed by atoms with Crippen molar-refractivity contribution in [1.29, 1.82) is 0 Å². The maximum Gasteiger partial charge on any atom is 0.232 e. The molecule has 3 heterocycles. The minimum absolute atomic E-state index is 0.248. The molecule has 0 spiro atoms. The molecule has 14 heteroatoms. The molecule has 1 saturated heterocycles. The first-order valence-electron chi connectivity index (χ1n) is 13.8. The average molecular weight is 626 g/mol. The summed E-state index contributed by atoms with van der Waals surface area (Å²) in [5.74, 6) is 1.22. The molecule has 0 aliphatic carbocycles. The van der Waals surface area contributed by atoms with Gasteiger partial charge in [-0.25, -0.2) is 13.4 Å². The summed E-state index contributed by atoms with van der Waals surface area (Å²) in [6, 6.07) is 8.13. The van der Waals surface area contributed by atoms with Crippen LogP contribution in [0.25, 0.3) is 11.0 Å². The molecule has 4 aromatic rings. The number of aromatic nitrogens is 4. The van der Waals surface area contributed by atoms with Crippen LogP contribution in [-0.4, -0.2) is 86.9 Å². The van der Waals surface area contributed by atoms with Gasteiger partial charge in [-0.1, -0.05) is 11.6 Å². The summed E-state index contributed by atoms with van der Waals surface area (Å²) in [5.41, 5.74) is 4.66. The van der Waals surface area contributed by atoms with Crippen LogP contribution < -0.4 is 24.6 Å².